The first-order chi connectivity index (χ1) is 10.1. The van der Waals surface area contributed by atoms with Gasteiger partial charge in [-0.05, 0) is 44.0 Å². The molecule has 1 fully saturated rings. The molecule has 5 nitrogen and oxygen atoms in total. The zero-order valence-corrected chi connectivity index (χ0v) is 12.4. The average molecular weight is 293 g/mol. The lowest BCUT2D eigenvalue weighted by atomic mass is 10.1. The molecule has 0 aromatic heterocycles. The quantitative estimate of drug-likeness (QED) is 0.744. The van der Waals surface area contributed by atoms with Crippen LogP contribution in [0.25, 0.3) is 0 Å². The van der Waals surface area contributed by atoms with Gasteiger partial charge in [-0.3, -0.25) is 4.79 Å². The summed E-state index contributed by atoms with van der Waals surface area (Å²) >= 11 is 0. The molecule has 0 bridgehead atoms. The number of carbonyl (C=O) groups is 1. The van der Waals surface area contributed by atoms with E-state index in [2.05, 4.69) is 5.32 Å². The van der Waals surface area contributed by atoms with E-state index in [9.17, 15) is 9.90 Å². The summed E-state index contributed by atoms with van der Waals surface area (Å²) in [4.78, 5) is 11.2. The minimum atomic E-state index is -0.555. The van der Waals surface area contributed by atoms with Gasteiger partial charge in [0, 0.05) is 31.4 Å². The Bertz CT molecular complexity index is 440. The largest absolute Gasteiger partial charge is 0.491 e. The third kappa shape index (κ3) is 5.46. The van der Waals surface area contributed by atoms with E-state index < -0.39 is 6.10 Å². The molecule has 0 aliphatic carbocycles. The van der Waals surface area contributed by atoms with Crippen molar-refractivity contribution in [1.29, 1.82) is 0 Å². The van der Waals surface area contributed by atoms with E-state index in [1.54, 1.807) is 24.3 Å². The number of hydrogen-bond donors (Lipinski definition) is 2. The van der Waals surface area contributed by atoms with Gasteiger partial charge in [0.05, 0.1) is 0 Å². The molecule has 21 heavy (non-hydrogen) atoms. The van der Waals surface area contributed by atoms with Crippen LogP contribution in [0, 0.1) is 0 Å². The lowest BCUT2D eigenvalue weighted by molar-refractivity contribution is 0.0655. The first-order valence-corrected chi connectivity index (χ1v) is 7.38. The highest BCUT2D eigenvalue weighted by molar-refractivity contribution is 5.94. The molecule has 1 atom stereocenters. The molecule has 1 unspecified atom stereocenters. The van der Waals surface area contributed by atoms with Gasteiger partial charge in [-0.15, -0.1) is 0 Å². The molecule has 2 N–H and O–H groups in total. The number of ketones is 1. The van der Waals surface area contributed by atoms with Crippen LogP contribution in [0.2, 0.25) is 0 Å². The van der Waals surface area contributed by atoms with Crippen LogP contribution in [0.5, 0.6) is 5.75 Å². The fourth-order valence-corrected chi connectivity index (χ4v) is 2.24. The van der Waals surface area contributed by atoms with Gasteiger partial charge in [-0.2, -0.15) is 0 Å². The van der Waals surface area contributed by atoms with E-state index in [-0.39, 0.29) is 12.4 Å². The smallest absolute Gasteiger partial charge is 0.159 e. The average Bonchev–Trinajstić information content (AvgIpc) is 2.52. The summed E-state index contributed by atoms with van der Waals surface area (Å²) in [7, 11) is 0. The molecule has 1 aliphatic heterocycles. The monoisotopic (exact) mass is 293 g/mol. The first kappa shape index (κ1) is 15.9. The van der Waals surface area contributed by atoms with Gasteiger partial charge < -0.3 is 19.9 Å². The lowest BCUT2D eigenvalue weighted by Crippen LogP contribution is -2.40. The van der Waals surface area contributed by atoms with Crippen LogP contribution in [0.4, 0.5) is 0 Å². The van der Waals surface area contributed by atoms with Crippen LogP contribution in [0.3, 0.4) is 0 Å². The number of aliphatic hydroxyl groups is 1. The van der Waals surface area contributed by atoms with Crippen molar-refractivity contribution in [2.75, 3.05) is 26.4 Å². The number of nitrogens with one attached hydrogen (secondary N) is 1. The maximum absolute atomic E-state index is 11.2. The Labute approximate surface area is 125 Å². The van der Waals surface area contributed by atoms with Crippen molar-refractivity contribution in [2.24, 2.45) is 0 Å². The third-order valence-corrected chi connectivity index (χ3v) is 3.57. The summed E-state index contributed by atoms with van der Waals surface area (Å²) in [5, 5.41) is 13.2. The van der Waals surface area contributed by atoms with Gasteiger partial charge >= 0.3 is 0 Å². The number of ether oxygens (including phenoxy) is 2. The Balaban J connectivity index is 1.68. The van der Waals surface area contributed by atoms with Gasteiger partial charge in [0.2, 0.25) is 0 Å². The first-order valence-electron chi connectivity index (χ1n) is 7.38. The Morgan fingerprint density at radius 2 is 2.05 bits per heavy atom. The van der Waals surface area contributed by atoms with Gasteiger partial charge in [-0.25, -0.2) is 0 Å². The van der Waals surface area contributed by atoms with Crippen LogP contribution in [-0.4, -0.2) is 49.4 Å². The fourth-order valence-electron chi connectivity index (χ4n) is 2.24. The topological polar surface area (TPSA) is 67.8 Å². The normalized spacial score (nSPS) is 17.4. The molecule has 1 saturated heterocycles. The zero-order valence-electron chi connectivity index (χ0n) is 12.4. The van der Waals surface area contributed by atoms with E-state index in [1.807, 2.05) is 0 Å². The van der Waals surface area contributed by atoms with Gasteiger partial charge in [0.1, 0.15) is 18.5 Å². The Morgan fingerprint density at radius 1 is 1.38 bits per heavy atom. The van der Waals surface area contributed by atoms with Crippen molar-refractivity contribution in [1.82, 2.24) is 5.32 Å². The second kappa shape index (κ2) is 8.12. The predicted molar refractivity (Wildman–Crippen MR) is 79.8 cm³/mol. The molecule has 0 spiro atoms. The molecule has 1 aromatic rings. The molecule has 2 rings (SSSR count). The van der Waals surface area contributed by atoms with Crippen LogP contribution < -0.4 is 10.1 Å². The second-order valence-corrected chi connectivity index (χ2v) is 5.34. The number of aliphatic hydroxyl groups excluding tert-OH is 1. The molecular weight excluding hydrogens is 270 g/mol. The molecule has 0 amide bonds. The Kier molecular flexibility index (Phi) is 6.17. The summed E-state index contributed by atoms with van der Waals surface area (Å²) in [6.07, 6.45) is 1.42. The molecule has 0 saturated carbocycles. The zero-order chi connectivity index (χ0) is 15.1. The molecule has 1 aliphatic rings. The predicted octanol–water partition coefficient (Wildman–Crippen LogP) is 1.40. The van der Waals surface area contributed by atoms with E-state index in [0.29, 0.717) is 23.9 Å². The van der Waals surface area contributed by atoms with Crippen molar-refractivity contribution in [2.45, 2.75) is 31.9 Å². The van der Waals surface area contributed by atoms with Crippen molar-refractivity contribution in [3.63, 3.8) is 0 Å². The fraction of sp³-hybridized carbons (Fsp3) is 0.562. The summed E-state index contributed by atoms with van der Waals surface area (Å²) in [6, 6.07) is 7.36. The molecule has 1 aromatic carbocycles. The molecule has 116 valence electrons. The van der Waals surface area contributed by atoms with Gasteiger partial charge in [0.15, 0.2) is 5.78 Å². The van der Waals surface area contributed by atoms with Crippen LogP contribution >= 0.6 is 0 Å². The standard InChI is InChI=1S/C16H23NO4/c1-12(18)13-2-4-16(5-3-13)21-11-15(19)10-17-14-6-8-20-9-7-14/h2-5,14-15,17,19H,6-11H2,1H3. The molecule has 1 heterocycles. The highest BCUT2D eigenvalue weighted by Crippen LogP contribution is 2.13. The lowest BCUT2D eigenvalue weighted by Gasteiger charge is -2.24. The SMILES string of the molecule is CC(=O)c1ccc(OCC(O)CNC2CCOCC2)cc1. The Morgan fingerprint density at radius 3 is 2.67 bits per heavy atom. The van der Waals surface area contributed by atoms with Crippen molar-refractivity contribution >= 4 is 5.78 Å². The van der Waals surface area contributed by atoms with Crippen molar-refractivity contribution in [3.05, 3.63) is 29.8 Å². The highest BCUT2D eigenvalue weighted by Gasteiger charge is 2.14. The summed E-state index contributed by atoms with van der Waals surface area (Å²) in [5.74, 6) is 0.687. The number of carbonyl (C=O) groups excluding carboxylic acids is 1. The number of Topliss-reactive ketones (excluding diaryl/α,β-unsaturated/α-hetero) is 1. The minimum absolute atomic E-state index is 0.0299. The van der Waals surface area contributed by atoms with Gasteiger partial charge in [0.25, 0.3) is 0 Å². The van der Waals surface area contributed by atoms with E-state index in [1.165, 1.54) is 6.92 Å². The Hall–Kier alpha value is -1.43. The van der Waals surface area contributed by atoms with Gasteiger partial charge in [-0.1, -0.05) is 0 Å². The summed E-state index contributed by atoms with van der Waals surface area (Å²) in [6.45, 7) is 3.84. The van der Waals surface area contributed by atoms with Crippen LogP contribution in [-0.2, 0) is 4.74 Å². The van der Waals surface area contributed by atoms with Crippen molar-refractivity contribution in [3.8, 4) is 5.75 Å². The summed E-state index contributed by atoms with van der Waals surface area (Å²) in [5.41, 5.74) is 0.657. The summed E-state index contributed by atoms with van der Waals surface area (Å²) < 4.78 is 10.8. The molecule has 0 radical (unpaired) electrons. The van der Waals surface area contributed by atoms with Crippen LogP contribution in [0.15, 0.2) is 24.3 Å². The van der Waals surface area contributed by atoms with E-state index >= 15 is 0 Å². The van der Waals surface area contributed by atoms with E-state index in [4.69, 9.17) is 9.47 Å². The van der Waals surface area contributed by atoms with Crippen LogP contribution in [0.1, 0.15) is 30.1 Å². The second-order valence-electron chi connectivity index (χ2n) is 5.34. The number of benzene rings is 1. The number of hydrogen-bond acceptors (Lipinski definition) is 5. The van der Waals surface area contributed by atoms with Crippen molar-refractivity contribution < 1.29 is 19.4 Å². The highest BCUT2D eigenvalue weighted by atomic mass is 16.5. The molecular formula is C16H23NO4. The maximum Gasteiger partial charge on any atom is 0.159 e. The van der Waals surface area contributed by atoms with E-state index in [0.717, 1.165) is 26.1 Å². The molecule has 5 heteroatoms. The third-order valence-electron chi connectivity index (χ3n) is 3.57. The maximum atomic E-state index is 11.2. The number of rotatable bonds is 7. The minimum Gasteiger partial charge on any atom is -0.491 e.